The van der Waals surface area contributed by atoms with Crippen molar-refractivity contribution in [3.8, 4) is 0 Å². The first kappa shape index (κ1) is 14.0. The third-order valence-electron chi connectivity index (χ3n) is 2.47. The first-order valence-corrected chi connectivity index (χ1v) is 5.46. The predicted molar refractivity (Wildman–Crippen MR) is 59.2 cm³/mol. The van der Waals surface area contributed by atoms with E-state index in [0.29, 0.717) is 25.1 Å². The van der Waals surface area contributed by atoms with E-state index in [1.165, 1.54) is 0 Å². The van der Waals surface area contributed by atoms with Gasteiger partial charge in [0.05, 0.1) is 0 Å². The molecule has 0 radical (unpaired) electrons. The Hall–Kier alpha value is -1.07. The Labute approximate surface area is 98.8 Å². The van der Waals surface area contributed by atoms with Gasteiger partial charge in [-0.15, -0.1) is 0 Å². The molecule has 1 aromatic rings. The summed E-state index contributed by atoms with van der Waals surface area (Å²) in [5.74, 6) is -3.77. The third kappa shape index (κ3) is 3.71. The zero-order valence-corrected chi connectivity index (χ0v) is 9.90. The van der Waals surface area contributed by atoms with Gasteiger partial charge in [-0.25, -0.2) is 13.2 Å². The van der Waals surface area contributed by atoms with Crippen molar-refractivity contribution in [3.05, 3.63) is 35.1 Å². The fourth-order valence-electron chi connectivity index (χ4n) is 1.64. The Kier molecular flexibility index (Phi) is 5.44. The molecule has 1 aromatic carbocycles. The van der Waals surface area contributed by atoms with Crippen LogP contribution in [-0.4, -0.2) is 20.3 Å². The molecule has 1 unspecified atom stereocenters. The molecule has 0 heterocycles. The van der Waals surface area contributed by atoms with Crippen molar-refractivity contribution < 1.29 is 17.9 Å². The lowest BCUT2D eigenvalue weighted by Gasteiger charge is -2.18. The van der Waals surface area contributed by atoms with Gasteiger partial charge in [0.15, 0.2) is 17.5 Å². The van der Waals surface area contributed by atoms with Crippen molar-refractivity contribution in [3.63, 3.8) is 0 Å². The van der Waals surface area contributed by atoms with E-state index in [2.05, 4.69) is 5.32 Å². The number of hydrogen-bond donors (Lipinski definition) is 1. The summed E-state index contributed by atoms with van der Waals surface area (Å²) < 4.78 is 43.9. The van der Waals surface area contributed by atoms with Crippen molar-refractivity contribution in [1.82, 2.24) is 5.32 Å². The molecule has 0 spiro atoms. The molecule has 0 amide bonds. The zero-order valence-electron chi connectivity index (χ0n) is 9.90. The number of benzene rings is 1. The SMILES string of the molecule is CCNC(CCOC)c1cc(F)c(F)c(F)c1. The van der Waals surface area contributed by atoms with E-state index < -0.39 is 17.5 Å². The average Bonchev–Trinajstić information content (AvgIpc) is 2.31. The highest BCUT2D eigenvalue weighted by molar-refractivity contribution is 5.22. The zero-order chi connectivity index (χ0) is 12.8. The highest BCUT2D eigenvalue weighted by Crippen LogP contribution is 2.21. The monoisotopic (exact) mass is 247 g/mol. The highest BCUT2D eigenvalue weighted by Gasteiger charge is 2.16. The minimum Gasteiger partial charge on any atom is -0.385 e. The van der Waals surface area contributed by atoms with Crippen molar-refractivity contribution >= 4 is 0 Å². The lowest BCUT2D eigenvalue weighted by atomic mass is 10.0. The summed E-state index contributed by atoms with van der Waals surface area (Å²) in [6.45, 7) is 2.99. The summed E-state index contributed by atoms with van der Waals surface area (Å²) in [7, 11) is 1.55. The Morgan fingerprint density at radius 1 is 1.24 bits per heavy atom. The maximum Gasteiger partial charge on any atom is 0.194 e. The molecule has 96 valence electrons. The van der Waals surface area contributed by atoms with Crippen LogP contribution in [0, 0.1) is 17.5 Å². The molecule has 0 aliphatic rings. The number of ether oxygens (including phenoxy) is 1. The number of rotatable bonds is 6. The quantitative estimate of drug-likeness (QED) is 0.780. The van der Waals surface area contributed by atoms with E-state index in [1.54, 1.807) is 7.11 Å². The number of halogens is 3. The van der Waals surface area contributed by atoms with Crippen LogP contribution < -0.4 is 5.32 Å². The minimum atomic E-state index is -1.43. The molecule has 17 heavy (non-hydrogen) atoms. The van der Waals surface area contributed by atoms with Gasteiger partial charge < -0.3 is 10.1 Å². The van der Waals surface area contributed by atoms with Gasteiger partial charge in [0.2, 0.25) is 0 Å². The average molecular weight is 247 g/mol. The van der Waals surface area contributed by atoms with Crippen LogP contribution in [0.15, 0.2) is 12.1 Å². The van der Waals surface area contributed by atoms with Crippen LogP contribution in [0.4, 0.5) is 13.2 Å². The standard InChI is InChI=1S/C12H16F3NO/c1-3-16-11(4-5-17-2)8-6-9(13)12(15)10(14)7-8/h6-7,11,16H,3-5H2,1-2H3. The molecule has 0 bridgehead atoms. The number of methoxy groups -OCH3 is 1. The molecule has 1 N–H and O–H groups in total. The fourth-order valence-corrected chi connectivity index (χ4v) is 1.64. The molecular weight excluding hydrogens is 231 g/mol. The van der Waals surface area contributed by atoms with Crippen molar-refractivity contribution in [2.24, 2.45) is 0 Å². The second kappa shape index (κ2) is 6.61. The highest BCUT2D eigenvalue weighted by atomic mass is 19.2. The first-order valence-electron chi connectivity index (χ1n) is 5.46. The second-order valence-corrected chi connectivity index (χ2v) is 3.69. The number of hydrogen-bond acceptors (Lipinski definition) is 2. The van der Waals surface area contributed by atoms with E-state index in [-0.39, 0.29) is 6.04 Å². The third-order valence-corrected chi connectivity index (χ3v) is 2.47. The molecular formula is C12H16F3NO. The smallest absolute Gasteiger partial charge is 0.194 e. The van der Waals surface area contributed by atoms with Crippen LogP contribution in [0.1, 0.15) is 24.9 Å². The second-order valence-electron chi connectivity index (χ2n) is 3.69. The van der Waals surface area contributed by atoms with Crippen LogP contribution in [0.3, 0.4) is 0 Å². The molecule has 1 rings (SSSR count). The van der Waals surface area contributed by atoms with Crippen molar-refractivity contribution in [1.29, 1.82) is 0 Å². The summed E-state index contributed by atoms with van der Waals surface area (Å²) in [4.78, 5) is 0. The topological polar surface area (TPSA) is 21.3 Å². The molecule has 1 atom stereocenters. The maximum absolute atomic E-state index is 13.1. The Morgan fingerprint density at radius 2 is 1.82 bits per heavy atom. The molecule has 5 heteroatoms. The van der Waals surface area contributed by atoms with E-state index in [4.69, 9.17) is 4.74 Å². The van der Waals surface area contributed by atoms with Crippen LogP contribution in [-0.2, 0) is 4.74 Å². The van der Waals surface area contributed by atoms with Crippen LogP contribution >= 0.6 is 0 Å². The number of nitrogens with one attached hydrogen (secondary N) is 1. The van der Waals surface area contributed by atoms with Gasteiger partial charge in [-0.05, 0) is 30.7 Å². The van der Waals surface area contributed by atoms with Crippen molar-refractivity contribution in [2.75, 3.05) is 20.3 Å². The van der Waals surface area contributed by atoms with Gasteiger partial charge >= 0.3 is 0 Å². The summed E-state index contributed by atoms with van der Waals surface area (Å²) in [6, 6.07) is 1.78. The summed E-state index contributed by atoms with van der Waals surface area (Å²) in [5, 5.41) is 3.07. The van der Waals surface area contributed by atoms with Gasteiger partial charge in [-0.2, -0.15) is 0 Å². The lowest BCUT2D eigenvalue weighted by Crippen LogP contribution is -2.22. The molecule has 0 saturated carbocycles. The predicted octanol–water partition coefficient (Wildman–Crippen LogP) is 2.79. The van der Waals surface area contributed by atoms with E-state index in [1.807, 2.05) is 6.92 Å². The van der Waals surface area contributed by atoms with Gasteiger partial charge in [-0.3, -0.25) is 0 Å². The molecule has 0 saturated heterocycles. The Morgan fingerprint density at radius 3 is 2.29 bits per heavy atom. The largest absolute Gasteiger partial charge is 0.385 e. The molecule has 0 aromatic heterocycles. The van der Waals surface area contributed by atoms with Crippen LogP contribution in [0.2, 0.25) is 0 Å². The molecule has 2 nitrogen and oxygen atoms in total. The first-order chi connectivity index (χ1) is 8.10. The Balaban J connectivity index is 2.93. The summed E-state index contributed by atoms with van der Waals surface area (Å²) in [6.07, 6.45) is 0.564. The summed E-state index contributed by atoms with van der Waals surface area (Å²) >= 11 is 0. The van der Waals surface area contributed by atoms with Gasteiger partial charge in [0.1, 0.15) is 0 Å². The summed E-state index contributed by atoms with van der Waals surface area (Å²) in [5.41, 5.74) is 0.389. The van der Waals surface area contributed by atoms with Gasteiger partial charge in [-0.1, -0.05) is 6.92 Å². The molecule has 0 aliphatic heterocycles. The van der Waals surface area contributed by atoms with Gasteiger partial charge in [0, 0.05) is 19.8 Å². The van der Waals surface area contributed by atoms with Crippen molar-refractivity contribution in [2.45, 2.75) is 19.4 Å². The van der Waals surface area contributed by atoms with Gasteiger partial charge in [0.25, 0.3) is 0 Å². The van der Waals surface area contributed by atoms with Crippen LogP contribution in [0.25, 0.3) is 0 Å². The van der Waals surface area contributed by atoms with E-state index in [0.717, 1.165) is 12.1 Å². The van der Waals surface area contributed by atoms with Crippen LogP contribution in [0.5, 0.6) is 0 Å². The van der Waals surface area contributed by atoms with E-state index in [9.17, 15) is 13.2 Å². The molecule has 0 fully saturated rings. The maximum atomic E-state index is 13.1. The minimum absolute atomic E-state index is 0.246. The Bertz CT molecular complexity index is 348. The normalized spacial score (nSPS) is 12.8. The van der Waals surface area contributed by atoms with E-state index >= 15 is 0 Å². The lowest BCUT2D eigenvalue weighted by molar-refractivity contribution is 0.183. The molecule has 0 aliphatic carbocycles. The fraction of sp³-hybridized carbons (Fsp3) is 0.500.